The summed E-state index contributed by atoms with van der Waals surface area (Å²) in [6.07, 6.45) is 0.423. The number of hydrogen-bond acceptors (Lipinski definition) is 2. The van der Waals surface area contributed by atoms with Crippen LogP contribution in [0.25, 0.3) is 0 Å². The molecule has 0 heterocycles. The van der Waals surface area contributed by atoms with Crippen molar-refractivity contribution in [1.29, 1.82) is 0 Å². The fourth-order valence-corrected chi connectivity index (χ4v) is 1.90. The molecule has 0 saturated heterocycles. The molecular formula is C15H22N2O3. The van der Waals surface area contributed by atoms with Crippen molar-refractivity contribution in [3.05, 3.63) is 29.8 Å². The maximum absolute atomic E-state index is 12.1. The van der Waals surface area contributed by atoms with Crippen molar-refractivity contribution in [1.82, 2.24) is 5.32 Å². The molecule has 0 bridgehead atoms. The van der Waals surface area contributed by atoms with Gasteiger partial charge in [-0.05, 0) is 31.9 Å². The molecule has 1 aromatic rings. The van der Waals surface area contributed by atoms with Gasteiger partial charge in [-0.15, -0.1) is 0 Å². The minimum atomic E-state index is -0.842. The van der Waals surface area contributed by atoms with Crippen molar-refractivity contribution in [3.63, 3.8) is 0 Å². The summed E-state index contributed by atoms with van der Waals surface area (Å²) in [4.78, 5) is 24.5. The highest BCUT2D eigenvalue weighted by Gasteiger charge is 2.16. The third-order valence-corrected chi connectivity index (χ3v) is 3.24. The van der Waals surface area contributed by atoms with Crippen molar-refractivity contribution in [3.8, 4) is 0 Å². The lowest BCUT2D eigenvalue weighted by Crippen LogP contribution is -2.41. The molecule has 2 amide bonds. The molecule has 5 nitrogen and oxygen atoms in total. The van der Waals surface area contributed by atoms with Crippen molar-refractivity contribution in [2.45, 2.75) is 27.2 Å². The van der Waals surface area contributed by atoms with E-state index in [9.17, 15) is 9.59 Å². The van der Waals surface area contributed by atoms with Gasteiger partial charge in [0.25, 0.3) is 0 Å². The molecule has 1 atom stereocenters. The molecular weight excluding hydrogens is 256 g/mol. The van der Waals surface area contributed by atoms with E-state index in [0.717, 1.165) is 11.3 Å². The Bertz CT molecular complexity index is 474. The van der Waals surface area contributed by atoms with Crippen molar-refractivity contribution in [2.24, 2.45) is 5.92 Å². The highest BCUT2D eigenvalue weighted by molar-refractivity contribution is 5.92. The molecule has 0 aliphatic carbocycles. The zero-order valence-corrected chi connectivity index (χ0v) is 12.2. The number of hydrogen-bond donors (Lipinski definition) is 2. The Morgan fingerprint density at radius 3 is 2.55 bits per heavy atom. The van der Waals surface area contributed by atoms with Crippen molar-refractivity contribution < 1.29 is 14.7 Å². The van der Waals surface area contributed by atoms with Gasteiger partial charge in [-0.3, -0.25) is 9.69 Å². The summed E-state index contributed by atoms with van der Waals surface area (Å²) in [5.74, 6) is -1.30. The van der Waals surface area contributed by atoms with Crippen LogP contribution in [0.3, 0.4) is 0 Å². The summed E-state index contributed by atoms with van der Waals surface area (Å²) < 4.78 is 0. The molecule has 2 N–H and O–H groups in total. The number of carboxylic acid groups (broad SMARTS) is 1. The summed E-state index contributed by atoms with van der Waals surface area (Å²) in [6.45, 7) is 6.41. The van der Waals surface area contributed by atoms with Gasteiger partial charge in [-0.25, -0.2) is 4.79 Å². The van der Waals surface area contributed by atoms with Gasteiger partial charge in [-0.1, -0.05) is 25.1 Å². The number of carbonyl (C=O) groups excluding carboxylic acids is 1. The Kier molecular flexibility index (Phi) is 6.03. The van der Waals surface area contributed by atoms with E-state index in [1.807, 2.05) is 38.1 Å². The maximum Gasteiger partial charge on any atom is 0.321 e. The van der Waals surface area contributed by atoms with E-state index in [1.165, 1.54) is 0 Å². The third-order valence-electron chi connectivity index (χ3n) is 3.24. The average molecular weight is 278 g/mol. The second kappa shape index (κ2) is 7.53. The fourth-order valence-electron chi connectivity index (χ4n) is 1.90. The lowest BCUT2D eigenvalue weighted by molar-refractivity contribution is -0.141. The van der Waals surface area contributed by atoms with E-state index in [4.69, 9.17) is 5.11 Å². The van der Waals surface area contributed by atoms with Crippen LogP contribution in [0.15, 0.2) is 24.3 Å². The SMILES string of the molecule is CCN(C(=O)NCCC(C)C(=O)O)c1ccccc1C. The van der Waals surface area contributed by atoms with Crippen LogP contribution >= 0.6 is 0 Å². The first kappa shape index (κ1) is 16.0. The largest absolute Gasteiger partial charge is 0.481 e. The topological polar surface area (TPSA) is 69.6 Å². The van der Waals surface area contributed by atoms with Gasteiger partial charge < -0.3 is 10.4 Å². The second-order valence-corrected chi connectivity index (χ2v) is 4.79. The van der Waals surface area contributed by atoms with Gasteiger partial charge in [0.1, 0.15) is 0 Å². The minimum Gasteiger partial charge on any atom is -0.481 e. The number of aryl methyl sites for hydroxylation is 1. The lowest BCUT2D eigenvalue weighted by atomic mass is 10.1. The Hall–Kier alpha value is -2.04. The van der Waals surface area contributed by atoms with Gasteiger partial charge in [0.15, 0.2) is 0 Å². The predicted molar refractivity (Wildman–Crippen MR) is 79.0 cm³/mol. The maximum atomic E-state index is 12.1. The quantitative estimate of drug-likeness (QED) is 0.840. The Balaban J connectivity index is 2.60. The van der Waals surface area contributed by atoms with Crippen LogP contribution in [0.1, 0.15) is 25.8 Å². The molecule has 0 aliphatic rings. The number of aliphatic carboxylic acids is 1. The number of para-hydroxylation sites is 1. The number of benzene rings is 1. The molecule has 0 radical (unpaired) electrons. The Labute approximate surface area is 119 Å². The monoisotopic (exact) mass is 278 g/mol. The van der Waals surface area contributed by atoms with Crippen LogP contribution in [0, 0.1) is 12.8 Å². The molecule has 1 rings (SSSR count). The molecule has 20 heavy (non-hydrogen) atoms. The number of amides is 2. The van der Waals surface area contributed by atoms with E-state index in [0.29, 0.717) is 19.5 Å². The van der Waals surface area contributed by atoms with E-state index in [2.05, 4.69) is 5.32 Å². The average Bonchev–Trinajstić information content (AvgIpc) is 2.41. The van der Waals surface area contributed by atoms with E-state index < -0.39 is 11.9 Å². The molecule has 1 unspecified atom stereocenters. The normalized spacial score (nSPS) is 11.8. The predicted octanol–water partition coefficient (Wildman–Crippen LogP) is 2.64. The third kappa shape index (κ3) is 4.26. The standard InChI is InChI=1S/C15H22N2O3/c1-4-17(13-8-6-5-7-11(13)2)15(20)16-10-9-12(3)14(18)19/h5-8,12H,4,9-10H2,1-3H3,(H,16,20)(H,18,19). The number of carbonyl (C=O) groups is 2. The molecule has 0 saturated carbocycles. The van der Waals surface area contributed by atoms with Gasteiger partial charge >= 0.3 is 12.0 Å². The summed E-state index contributed by atoms with van der Waals surface area (Å²) in [5.41, 5.74) is 1.90. The Morgan fingerprint density at radius 1 is 1.35 bits per heavy atom. The first-order chi connectivity index (χ1) is 9.47. The van der Waals surface area contributed by atoms with E-state index >= 15 is 0 Å². The van der Waals surface area contributed by atoms with Crippen molar-refractivity contribution >= 4 is 17.7 Å². The number of nitrogens with zero attached hydrogens (tertiary/aromatic N) is 1. The molecule has 0 aliphatic heterocycles. The Morgan fingerprint density at radius 2 is 2.00 bits per heavy atom. The smallest absolute Gasteiger partial charge is 0.321 e. The van der Waals surface area contributed by atoms with Crippen LogP contribution in [0.5, 0.6) is 0 Å². The number of carboxylic acids is 1. The lowest BCUT2D eigenvalue weighted by Gasteiger charge is -2.23. The molecule has 110 valence electrons. The van der Waals surface area contributed by atoms with Crippen LogP contribution in [-0.2, 0) is 4.79 Å². The minimum absolute atomic E-state index is 0.195. The first-order valence-electron chi connectivity index (χ1n) is 6.81. The van der Waals surface area contributed by atoms with Gasteiger partial charge in [0.05, 0.1) is 5.92 Å². The summed E-state index contributed by atoms with van der Waals surface area (Å²) in [7, 11) is 0. The van der Waals surface area contributed by atoms with Crippen LogP contribution < -0.4 is 10.2 Å². The van der Waals surface area contributed by atoms with Crippen LogP contribution in [0.4, 0.5) is 10.5 Å². The number of anilines is 1. The van der Waals surface area contributed by atoms with Crippen LogP contribution in [-0.4, -0.2) is 30.2 Å². The van der Waals surface area contributed by atoms with Gasteiger partial charge in [-0.2, -0.15) is 0 Å². The first-order valence-corrected chi connectivity index (χ1v) is 6.81. The summed E-state index contributed by atoms with van der Waals surface area (Å²) in [5, 5.41) is 11.6. The zero-order valence-electron chi connectivity index (χ0n) is 12.2. The molecule has 0 fully saturated rings. The summed E-state index contributed by atoms with van der Waals surface area (Å²) in [6, 6.07) is 7.49. The highest BCUT2D eigenvalue weighted by Crippen LogP contribution is 2.19. The van der Waals surface area contributed by atoms with E-state index in [1.54, 1.807) is 11.8 Å². The molecule has 1 aromatic carbocycles. The number of rotatable bonds is 6. The summed E-state index contributed by atoms with van der Waals surface area (Å²) >= 11 is 0. The number of urea groups is 1. The zero-order chi connectivity index (χ0) is 15.1. The number of nitrogens with one attached hydrogen (secondary N) is 1. The second-order valence-electron chi connectivity index (χ2n) is 4.79. The van der Waals surface area contributed by atoms with Gasteiger partial charge in [0.2, 0.25) is 0 Å². The van der Waals surface area contributed by atoms with Crippen LogP contribution in [0.2, 0.25) is 0 Å². The fraction of sp³-hybridized carbons (Fsp3) is 0.467. The van der Waals surface area contributed by atoms with E-state index in [-0.39, 0.29) is 6.03 Å². The van der Waals surface area contributed by atoms with Gasteiger partial charge in [0, 0.05) is 18.8 Å². The van der Waals surface area contributed by atoms with Crippen molar-refractivity contribution in [2.75, 3.05) is 18.0 Å². The highest BCUT2D eigenvalue weighted by atomic mass is 16.4. The molecule has 0 aromatic heterocycles. The molecule has 5 heteroatoms. The molecule has 0 spiro atoms.